The Labute approximate surface area is 132 Å². The van der Waals surface area contributed by atoms with E-state index in [1.807, 2.05) is 20.2 Å². The summed E-state index contributed by atoms with van der Waals surface area (Å²) in [4.78, 5) is 24.6. The quantitative estimate of drug-likeness (QED) is 0.659. The Balaban J connectivity index is 2.45. The Hall–Kier alpha value is -2.08. The highest BCUT2D eigenvalue weighted by atomic mass is 16.2. The second-order valence-electron chi connectivity index (χ2n) is 5.51. The molecule has 1 aromatic rings. The first-order valence-corrected chi connectivity index (χ1v) is 7.39. The zero-order valence-corrected chi connectivity index (χ0v) is 13.8. The lowest BCUT2D eigenvalue weighted by Gasteiger charge is -2.25. The fourth-order valence-corrected chi connectivity index (χ4v) is 2.14. The molecule has 0 fully saturated rings. The van der Waals surface area contributed by atoms with E-state index in [9.17, 15) is 9.59 Å². The smallest absolute Gasteiger partial charge is 0.314 e. The fourth-order valence-electron chi connectivity index (χ4n) is 2.14. The maximum Gasteiger partial charge on any atom is 0.314 e. The third-order valence-electron chi connectivity index (χ3n) is 3.29. The molecule has 1 rings (SSSR count). The number of aryl methyl sites for hydroxylation is 1. The van der Waals surface area contributed by atoms with Crippen LogP contribution in [0.2, 0.25) is 0 Å². The van der Waals surface area contributed by atoms with Gasteiger partial charge >= 0.3 is 6.03 Å². The van der Waals surface area contributed by atoms with Crippen LogP contribution in [0.25, 0.3) is 0 Å². The van der Waals surface area contributed by atoms with E-state index < -0.39 is 0 Å². The van der Waals surface area contributed by atoms with Gasteiger partial charge < -0.3 is 20.9 Å². The van der Waals surface area contributed by atoms with Gasteiger partial charge in [-0.25, -0.2) is 4.79 Å². The number of hydrogen-bond acceptors (Lipinski definition) is 3. The van der Waals surface area contributed by atoms with Crippen LogP contribution in [0.15, 0.2) is 24.3 Å². The first kappa shape index (κ1) is 18.0. The van der Waals surface area contributed by atoms with Crippen LogP contribution in [0.3, 0.4) is 0 Å². The number of rotatable bonds is 7. The third kappa shape index (κ3) is 6.58. The molecule has 0 saturated carbocycles. The molecular weight excluding hydrogens is 280 g/mol. The lowest BCUT2D eigenvalue weighted by atomic mass is 10.0. The summed E-state index contributed by atoms with van der Waals surface area (Å²) in [5.74, 6) is -0.102. The minimum absolute atomic E-state index is 0.102. The maximum absolute atomic E-state index is 11.8. The van der Waals surface area contributed by atoms with Gasteiger partial charge in [0.2, 0.25) is 5.91 Å². The highest BCUT2D eigenvalue weighted by Crippen LogP contribution is 2.18. The molecule has 6 heteroatoms. The van der Waals surface area contributed by atoms with Crippen LogP contribution in [0.4, 0.5) is 4.79 Å². The van der Waals surface area contributed by atoms with Crippen molar-refractivity contribution in [1.82, 2.24) is 20.9 Å². The van der Waals surface area contributed by atoms with Crippen molar-refractivity contribution in [3.8, 4) is 0 Å². The molecule has 0 aliphatic rings. The van der Waals surface area contributed by atoms with Gasteiger partial charge in [-0.1, -0.05) is 29.8 Å². The van der Waals surface area contributed by atoms with Gasteiger partial charge in [-0.15, -0.1) is 0 Å². The molecule has 0 aromatic heterocycles. The Morgan fingerprint density at radius 2 is 1.82 bits per heavy atom. The van der Waals surface area contributed by atoms with Crippen molar-refractivity contribution in [3.05, 3.63) is 35.4 Å². The lowest BCUT2D eigenvalue weighted by Crippen LogP contribution is -2.43. The molecule has 0 bridgehead atoms. The van der Waals surface area contributed by atoms with Gasteiger partial charge in [-0.05, 0) is 26.6 Å². The highest BCUT2D eigenvalue weighted by Gasteiger charge is 2.15. The molecule has 1 aromatic carbocycles. The molecule has 122 valence electrons. The topological polar surface area (TPSA) is 73.5 Å². The van der Waals surface area contributed by atoms with E-state index in [-0.39, 0.29) is 18.0 Å². The minimum atomic E-state index is -0.232. The summed E-state index contributed by atoms with van der Waals surface area (Å²) in [5, 5.41) is 8.20. The number of carbonyl (C=O) groups excluding carboxylic acids is 2. The first-order valence-electron chi connectivity index (χ1n) is 7.39. The average Bonchev–Trinajstić information content (AvgIpc) is 2.43. The van der Waals surface area contributed by atoms with Crippen LogP contribution in [0, 0.1) is 6.92 Å². The summed E-state index contributed by atoms with van der Waals surface area (Å²) in [5.41, 5.74) is 2.37. The van der Waals surface area contributed by atoms with E-state index in [1.54, 1.807) is 0 Å². The number of hydrogen-bond donors (Lipinski definition) is 3. The number of likely N-dealkylation sites (N-methyl/N-ethyl adjacent to an activating group) is 1. The standard InChI is InChI=1S/C16H26N4O2/c1-12-6-5-7-14(10-12)15(20(3)4)11-19-16(22)18-9-8-17-13(2)21/h5-7,10,15H,8-9,11H2,1-4H3,(H,17,21)(H2,18,19,22)/t15-/m1/s1. The van der Waals surface area contributed by atoms with Gasteiger partial charge in [0.05, 0.1) is 6.04 Å². The summed E-state index contributed by atoms with van der Waals surface area (Å²) in [6.07, 6.45) is 0. The number of amides is 3. The van der Waals surface area contributed by atoms with Crippen molar-refractivity contribution in [1.29, 1.82) is 0 Å². The third-order valence-corrected chi connectivity index (χ3v) is 3.29. The van der Waals surface area contributed by atoms with Crippen LogP contribution in [0.5, 0.6) is 0 Å². The first-order chi connectivity index (χ1) is 10.4. The van der Waals surface area contributed by atoms with E-state index in [4.69, 9.17) is 0 Å². The lowest BCUT2D eigenvalue weighted by molar-refractivity contribution is -0.118. The van der Waals surface area contributed by atoms with Crippen LogP contribution in [-0.4, -0.2) is 50.6 Å². The van der Waals surface area contributed by atoms with Gasteiger partial charge in [0, 0.05) is 26.6 Å². The molecule has 0 saturated heterocycles. The maximum atomic E-state index is 11.8. The van der Waals surface area contributed by atoms with Crippen molar-refractivity contribution in [2.24, 2.45) is 0 Å². The summed E-state index contributed by atoms with van der Waals surface area (Å²) in [7, 11) is 3.98. The molecule has 0 unspecified atom stereocenters. The van der Waals surface area contributed by atoms with Crippen molar-refractivity contribution < 1.29 is 9.59 Å². The number of nitrogens with one attached hydrogen (secondary N) is 3. The van der Waals surface area contributed by atoms with Gasteiger partial charge in [0.15, 0.2) is 0 Å². The zero-order chi connectivity index (χ0) is 16.5. The monoisotopic (exact) mass is 306 g/mol. The van der Waals surface area contributed by atoms with E-state index >= 15 is 0 Å². The Morgan fingerprint density at radius 3 is 2.41 bits per heavy atom. The number of nitrogens with zero attached hydrogens (tertiary/aromatic N) is 1. The van der Waals surface area contributed by atoms with E-state index in [0.717, 1.165) is 0 Å². The van der Waals surface area contributed by atoms with Crippen LogP contribution >= 0.6 is 0 Å². The second kappa shape index (κ2) is 9.04. The van der Waals surface area contributed by atoms with Crippen LogP contribution < -0.4 is 16.0 Å². The molecule has 0 spiro atoms. The molecule has 0 aliphatic heterocycles. The van der Waals surface area contributed by atoms with Gasteiger partial charge in [-0.2, -0.15) is 0 Å². The van der Waals surface area contributed by atoms with E-state index in [1.165, 1.54) is 18.1 Å². The Morgan fingerprint density at radius 1 is 1.14 bits per heavy atom. The molecule has 6 nitrogen and oxygen atoms in total. The second-order valence-corrected chi connectivity index (χ2v) is 5.51. The largest absolute Gasteiger partial charge is 0.355 e. The Bertz CT molecular complexity index is 503. The van der Waals surface area contributed by atoms with E-state index in [0.29, 0.717) is 19.6 Å². The average molecular weight is 306 g/mol. The molecule has 0 aliphatic carbocycles. The van der Waals surface area contributed by atoms with Crippen molar-refractivity contribution in [3.63, 3.8) is 0 Å². The van der Waals surface area contributed by atoms with Gasteiger partial charge in [0.1, 0.15) is 0 Å². The molecule has 22 heavy (non-hydrogen) atoms. The number of benzene rings is 1. The highest BCUT2D eigenvalue weighted by molar-refractivity contribution is 5.74. The molecule has 3 N–H and O–H groups in total. The number of carbonyl (C=O) groups is 2. The van der Waals surface area contributed by atoms with Crippen molar-refractivity contribution >= 4 is 11.9 Å². The summed E-state index contributed by atoms with van der Waals surface area (Å²) >= 11 is 0. The van der Waals surface area contributed by atoms with Crippen molar-refractivity contribution in [2.45, 2.75) is 19.9 Å². The zero-order valence-electron chi connectivity index (χ0n) is 13.8. The predicted molar refractivity (Wildman–Crippen MR) is 87.7 cm³/mol. The van der Waals surface area contributed by atoms with Crippen LogP contribution in [0.1, 0.15) is 24.1 Å². The minimum Gasteiger partial charge on any atom is -0.355 e. The van der Waals surface area contributed by atoms with Crippen molar-refractivity contribution in [2.75, 3.05) is 33.7 Å². The molecule has 0 radical (unpaired) electrons. The SMILES string of the molecule is CC(=O)NCCNC(=O)NC[C@H](c1cccc(C)c1)N(C)C. The normalized spacial score (nSPS) is 11.9. The van der Waals surface area contributed by atoms with Gasteiger partial charge in [0.25, 0.3) is 0 Å². The molecule has 1 atom stereocenters. The molecule has 3 amide bonds. The molecule has 0 heterocycles. The molecular formula is C16H26N4O2. The Kier molecular flexibility index (Phi) is 7.39. The predicted octanol–water partition coefficient (Wildman–Crippen LogP) is 1.03. The van der Waals surface area contributed by atoms with Gasteiger partial charge in [-0.3, -0.25) is 4.79 Å². The fraction of sp³-hybridized carbons (Fsp3) is 0.500. The van der Waals surface area contributed by atoms with E-state index in [2.05, 4.69) is 46.0 Å². The number of urea groups is 1. The summed E-state index contributed by atoms with van der Waals surface area (Å²) in [6.45, 7) is 4.85. The summed E-state index contributed by atoms with van der Waals surface area (Å²) in [6, 6.07) is 8.15. The van der Waals surface area contributed by atoms with Crippen LogP contribution in [-0.2, 0) is 4.79 Å². The summed E-state index contributed by atoms with van der Waals surface area (Å²) < 4.78 is 0.